The summed E-state index contributed by atoms with van der Waals surface area (Å²) in [5.74, 6) is 0.793. The molecule has 2 N–H and O–H groups in total. The van der Waals surface area contributed by atoms with Gasteiger partial charge in [-0.1, -0.05) is 0 Å². The highest BCUT2D eigenvalue weighted by molar-refractivity contribution is 5.85. The lowest BCUT2D eigenvalue weighted by molar-refractivity contribution is -0.137. The number of nitrogens with zero attached hydrogens (tertiary/aromatic N) is 1. The minimum absolute atomic E-state index is 0.199. The maximum atomic E-state index is 12.3. The molecule has 0 bridgehead atoms. The first-order valence-corrected chi connectivity index (χ1v) is 6.29. The van der Waals surface area contributed by atoms with Crippen LogP contribution in [-0.2, 0) is 9.53 Å². The topological polar surface area (TPSA) is 55.6 Å². The van der Waals surface area contributed by atoms with E-state index in [0.717, 1.165) is 45.6 Å². The third kappa shape index (κ3) is 2.23. The normalized spacial score (nSPS) is 26.8. The van der Waals surface area contributed by atoms with Gasteiger partial charge in [0.2, 0.25) is 5.91 Å². The van der Waals surface area contributed by atoms with Gasteiger partial charge in [0.25, 0.3) is 0 Å². The predicted octanol–water partition coefficient (Wildman–Crippen LogP) is 0.610. The molecule has 2 fully saturated rings. The van der Waals surface area contributed by atoms with Crippen molar-refractivity contribution in [2.75, 3.05) is 32.8 Å². The molecule has 2 aliphatic rings. The van der Waals surface area contributed by atoms with Crippen molar-refractivity contribution >= 4 is 5.91 Å². The molecule has 92 valence electrons. The highest BCUT2D eigenvalue weighted by atomic mass is 16.5. The molecule has 2 rings (SSSR count). The Balaban J connectivity index is 1.91. The fourth-order valence-corrected chi connectivity index (χ4v) is 2.39. The Labute approximate surface area is 97.1 Å². The van der Waals surface area contributed by atoms with Gasteiger partial charge in [0.1, 0.15) is 0 Å². The van der Waals surface area contributed by atoms with Crippen LogP contribution in [-0.4, -0.2) is 43.7 Å². The summed E-state index contributed by atoms with van der Waals surface area (Å²) in [6.07, 6.45) is 3.03. The highest BCUT2D eigenvalue weighted by Gasteiger charge is 2.50. The SMILES string of the molecule is CCN(CC1CCOC1)C(=O)C1(CN)CC1. The van der Waals surface area contributed by atoms with Crippen molar-refractivity contribution in [3.05, 3.63) is 0 Å². The summed E-state index contributed by atoms with van der Waals surface area (Å²) in [6.45, 7) is 5.83. The van der Waals surface area contributed by atoms with E-state index < -0.39 is 0 Å². The van der Waals surface area contributed by atoms with Crippen LogP contribution >= 0.6 is 0 Å². The van der Waals surface area contributed by atoms with Crippen molar-refractivity contribution in [3.63, 3.8) is 0 Å². The first-order chi connectivity index (χ1) is 7.72. The van der Waals surface area contributed by atoms with E-state index in [9.17, 15) is 4.79 Å². The second-order valence-electron chi connectivity index (χ2n) is 5.06. The van der Waals surface area contributed by atoms with E-state index in [1.54, 1.807) is 0 Å². The molecule has 0 aromatic carbocycles. The Hall–Kier alpha value is -0.610. The zero-order valence-electron chi connectivity index (χ0n) is 10.1. The van der Waals surface area contributed by atoms with Gasteiger partial charge in [0.05, 0.1) is 12.0 Å². The number of ether oxygens (including phenoxy) is 1. The van der Waals surface area contributed by atoms with Crippen molar-refractivity contribution in [2.24, 2.45) is 17.1 Å². The molecule has 0 aromatic heterocycles. The van der Waals surface area contributed by atoms with Gasteiger partial charge in [0.15, 0.2) is 0 Å². The van der Waals surface area contributed by atoms with Crippen LogP contribution in [0.15, 0.2) is 0 Å². The molecule has 1 aliphatic carbocycles. The highest BCUT2D eigenvalue weighted by Crippen LogP contribution is 2.46. The van der Waals surface area contributed by atoms with Crippen LogP contribution in [0.5, 0.6) is 0 Å². The minimum Gasteiger partial charge on any atom is -0.381 e. The molecular weight excluding hydrogens is 204 g/mol. The lowest BCUT2D eigenvalue weighted by Crippen LogP contribution is -2.42. The van der Waals surface area contributed by atoms with Gasteiger partial charge < -0.3 is 15.4 Å². The van der Waals surface area contributed by atoms with Gasteiger partial charge in [-0.05, 0) is 26.2 Å². The maximum Gasteiger partial charge on any atom is 0.230 e. The first-order valence-electron chi connectivity index (χ1n) is 6.29. The summed E-state index contributed by atoms with van der Waals surface area (Å²) in [7, 11) is 0. The van der Waals surface area contributed by atoms with Crippen LogP contribution in [0.1, 0.15) is 26.2 Å². The number of carbonyl (C=O) groups is 1. The largest absolute Gasteiger partial charge is 0.381 e. The lowest BCUT2D eigenvalue weighted by atomic mass is 10.0. The summed E-state index contributed by atoms with van der Waals surface area (Å²) in [4.78, 5) is 14.3. The van der Waals surface area contributed by atoms with Gasteiger partial charge >= 0.3 is 0 Å². The third-order valence-corrected chi connectivity index (χ3v) is 3.87. The number of hydrogen-bond acceptors (Lipinski definition) is 3. The molecule has 1 saturated heterocycles. The van der Waals surface area contributed by atoms with Crippen LogP contribution in [0.25, 0.3) is 0 Å². The number of rotatable bonds is 5. The van der Waals surface area contributed by atoms with Gasteiger partial charge in [-0.25, -0.2) is 0 Å². The van der Waals surface area contributed by atoms with Crippen LogP contribution in [0.4, 0.5) is 0 Å². The fourth-order valence-electron chi connectivity index (χ4n) is 2.39. The standard InChI is InChI=1S/C12H22N2O2/c1-2-14(7-10-3-6-16-8-10)11(15)12(9-13)4-5-12/h10H,2-9,13H2,1H3. The van der Waals surface area contributed by atoms with Gasteiger partial charge in [0, 0.05) is 32.2 Å². The number of hydrogen-bond donors (Lipinski definition) is 1. The van der Waals surface area contributed by atoms with E-state index in [1.165, 1.54) is 0 Å². The molecule has 1 atom stereocenters. The molecule has 16 heavy (non-hydrogen) atoms. The van der Waals surface area contributed by atoms with Gasteiger partial charge in [-0.15, -0.1) is 0 Å². The first kappa shape index (κ1) is 11.9. The van der Waals surface area contributed by atoms with Crippen LogP contribution < -0.4 is 5.73 Å². The number of amides is 1. The third-order valence-electron chi connectivity index (χ3n) is 3.87. The maximum absolute atomic E-state index is 12.3. The van der Waals surface area contributed by atoms with Crippen molar-refractivity contribution < 1.29 is 9.53 Å². The number of nitrogens with two attached hydrogens (primary N) is 1. The number of carbonyl (C=O) groups excluding carboxylic acids is 1. The van der Waals surface area contributed by atoms with Crippen LogP contribution in [0, 0.1) is 11.3 Å². The van der Waals surface area contributed by atoms with Crippen LogP contribution in [0.2, 0.25) is 0 Å². The van der Waals surface area contributed by atoms with E-state index in [-0.39, 0.29) is 11.3 Å². The Kier molecular flexibility index (Phi) is 3.50. The Bertz CT molecular complexity index is 258. The van der Waals surface area contributed by atoms with Crippen molar-refractivity contribution in [1.29, 1.82) is 0 Å². The van der Waals surface area contributed by atoms with Gasteiger partial charge in [-0.2, -0.15) is 0 Å². The zero-order chi connectivity index (χ0) is 11.6. The summed E-state index contributed by atoms with van der Waals surface area (Å²) >= 11 is 0. The average Bonchev–Trinajstić information content (AvgIpc) is 2.95. The molecule has 1 aliphatic heterocycles. The Morgan fingerprint density at radius 1 is 1.56 bits per heavy atom. The van der Waals surface area contributed by atoms with E-state index in [0.29, 0.717) is 12.5 Å². The molecule has 1 amide bonds. The summed E-state index contributed by atoms with van der Waals surface area (Å²) in [5.41, 5.74) is 5.50. The average molecular weight is 226 g/mol. The molecule has 4 heteroatoms. The van der Waals surface area contributed by atoms with E-state index >= 15 is 0 Å². The summed E-state index contributed by atoms with van der Waals surface area (Å²) in [6, 6.07) is 0. The van der Waals surface area contributed by atoms with Gasteiger partial charge in [-0.3, -0.25) is 4.79 Å². The fraction of sp³-hybridized carbons (Fsp3) is 0.917. The molecule has 4 nitrogen and oxygen atoms in total. The smallest absolute Gasteiger partial charge is 0.230 e. The lowest BCUT2D eigenvalue weighted by Gasteiger charge is -2.27. The van der Waals surface area contributed by atoms with Crippen molar-refractivity contribution in [3.8, 4) is 0 Å². The minimum atomic E-state index is -0.199. The molecule has 0 aromatic rings. The van der Waals surface area contributed by atoms with Crippen molar-refractivity contribution in [2.45, 2.75) is 26.2 Å². The Morgan fingerprint density at radius 3 is 2.75 bits per heavy atom. The molecule has 1 saturated carbocycles. The second-order valence-corrected chi connectivity index (χ2v) is 5.06. The molecule has 1 unspecified atom stereocenters. The van der Waals surface area contributed by atoms with E-state index in [1.807, 2.05) is 11.8 Å². The second kappa shape index (κ2) is 4.72. The molecule has 0 radical (unpaired) electrons. The van der Waals surface area contributed by atoms with E-state index in [2.05, 4.69) is 0 Å². The zero-order valence-corrected chi connectivity index (χ0v) is 10.1. The van der Waals surface area contributed by atoms with Crippen molar-refractivity contribution in [1.82, 2.24) is 4.90 Å². The quantitative estimate of drug-likeness (QED) is 0.747. The predicted molar refractivity (Wildman–Crippen MR) is 61.9 cm³/mol. The molecule has 1 heterocycles. The van der Waals surface area contributed by atoms with E-state index in [4.69, 9.17) is 10.5 Å². The Morgan fingerprint density at radius 2 is 2.31 bits per heavy atom. The molecule has 0 spiro atoms. The molecular formula is C12H22N2O2. The summed E-state index contributed by atoms with van der Waals surface area (Å²) in [5, 5.41) is 0. The summed E-state index contributed by atoms with van der Waals surface area (Å²) < 4.78 is 5.35. The van der Waals surface area contributed by atoms with Crippen LogP contribution in [0.3, 0.4) is 0 Å². The monoisotopic (exact) mass is 226 g/mol.